The fraction of sp³-hybridized carbons (Fsp3) is 0.462. The number of aliphatic hydroxyl groups excluding tert-OH is 1. The van der Waals surface area contributed by atoms with Gasteiger partial charge in [-0.25, -0.2) is 0 Å². The highest BCUT2D eigenvalue weighted by Crippen LogP contribution is 2.31. The van der Waals surface area contributed by atoms with Gasteiger partial charge in [-0.05, 0) is 19.4 Å². The van der Waals surface area contributed by atoms with Crippen molar-refractivity contribution in [2.45, 2.75) is 38.9 Å². The lowest BCUT2D eigenvalue weighted by Crippen LogP contribution is -2.24. The molecule has 0 aliphatic carbocycles. The highest BCUT2D eigenvalue weighted by atomic mass is 16.7. The standard InChI is InChI=1S/C13H17NO3/c1-3-10-8-13(16)14(17-10)12-7-5-4-6-11(12)9(2)15/h4-7,9-10,15H,3,8H2,1-2H3. The summed E-state index contributed by atoms with van der Waals surface area (Å²) in [5.74, 6) is -0.0510. The number of anilines is 1. The van der Waals surface area contributed by atoms with E-state index in [4.69, 9.17) is 4.84 Å². The number of rotatable bonds is 3. The molecule has 1 fully saturated rings. The highest BCUT2D eigenvalue weighted by Gasteiger charge is 2.32. The van der Waals surface area contributed by atoms with Crippen molar-refractivity contribution < 1.29 is 14.7 Å². The summed E-state index contributed by atoms with van der Waals surface area (Å²) in [7, 11) is 0. The number of hydrogen-bond donors (Lipinski definition) is 1. The van der Waals surface area contributed by atoms with E-state index in [-0.39, 0.29) is 12.0 Å². The molecular weight excluding hydrogens is 218 g/mol. The molecule has 0 aromatic heterocycles. The maximum Gasteiger partial charge on any atom is 0.253 e. The second kappa shape index (κ2) is 4.85. The zero-order chi connectivity index (χ0) is 12.4. The number of hydrogen-bond acceptors (Lipinski definition) is 3. The summed E-state index contributed by atoms with van der Waals surface area (Å²) in [6.07, 6.45) is 0.539. The van der Waals surface area contributed by atoms with Crippen molar-refractivity contribution in [2.24, 2.45) is 0 Å². The minimum Gasteiger partial charge on any atom is -0.389 e. The van der Waals surface area contributed by atoms with Crippen LogP contribution in [0.4, 0.5) is 5.69 Å². The number of nitrogens with zero attached hydrogens (tertiary/aromatic N) is 1. The summed E-state index contributed by atoms with van der Waals surface area (Å²) in [5, 5.41) is 11.0. The number of amides is 1. The third-order valence-electron chi connectivity index (χ3n) is 2.94. The lowest BCUT2D eigenvalue weighted by atomic mass is 10.1. The van der Waals surface area contributed by atoms with E-state index in [1.807, 2.05) is 19.1 Å². The third-order valence-corrected chi connectivity index (χ3v) is 2.94. The van der Waals surface area contributed by atoms with Crippen LogP contribution in [0.1, 0.15) is 38.4 Å². The maximum atomic E-state index is 11.8. The number of carbonyl (C=O) groups excluding carboxylic acids is 1. The average Bonchev–Trinajstić information content (AvgIpc) is 2.70. The summed E-state index contributed by atoms with van der Waals surface area (Å²) in [5.41, 5.74) is 1.35. The van der Waals surface area contributed by atoms with Crippen molar-refractivity contribution in [1.82, 2.24) is 0 Å². The highest BCUT2D eigenvalue weighted by molar-refractivity contribution is 5.94. The molecule has 0 saturated carbocycles. The Hall–Kier alpha value is -1.39. The predicted molar refractivity (Wildman–Crippen MR) is 64.3 cm³/mol. The van der Waals surface area contributed by atoms with Gasteiger partial charge in [0.15, 0.2) is 0 Å². The first-order chi connectivity index (χ1) is 8.13. The summed E-state index contributed by atoms with van der Waals surface area (Å²) < 4.78 is 0. The smallest absolute Gasteiger partial charge is 0.253 e. The Labute approximate surface area is 101 Å². The Morgan fingerprint density at radius 2 is 2.24 bits per heavy atom. The zero-order valence-electron chi connectivity index (χ0n) is 10.1. The summed E-state index contributed by atoms with van der Waals surface area (Å²) in [6, 6.07) is 7.26. The Morgan fingerprint density at radius 3 is 2.82 bits per heavy atom. The van der Waals surface area contributed by atoms with Crippen LogP contribution in [-0.4, -0.2) is 17.1 Å². The molecule has 0 bridgehead atoms. The molecular formula is C13H17NO3. The van der Waals surface area contributed by atoms with Gasteiger partial charge in [0, 0.05) is 5.56 Å². The molecule has 1 aliphatic rings. The van der Waals surface area contributed by atoms with E-state index >= 15 is 0 Å². The normalized spacial score (nSPS) is 21.9. The second-order valence-electron chi connectivity index (χ2n) is 4.26. The molecule has 0 spiro atoms. The molecule has 1 heterocycles. The van der Waals surface area contributed by atoms with Gasteiger partial charge in [-0.2, -0.15) is 5.06 Å². The SMILES string of the molecule is CCC1CC(=O)N(c2ccccc2C(C)O)O1. The molecule has 2 unspecified atom stereocenters. The quantitative estimate of drug-likeness (QED) is 0.873. The molecule has 1 aliphatic heterocycles. The molecule has 1 aromatic rings. The predicted octanol–water partition coefficient (Wildman–Crippen LogP) is 2.19. The maximum absolute atomic E-state index is 11.8. The number of carbonyl (C=O) groups is 1. The minimum atomic E-state index is -0.622. The first kappa shape index (κ1) is 12.1. The van der Waals surface area contributed by atoms with Gasteiger partial charge >= 0.3 is 0 Å². The van der Waals surface area contributed by atoms with Crippen LogP contribution < -0.4 is 5.06 Å². The van der Waals surface area contributed by atoms with E-state index < -0.39 is 6.10 Å². The second-order valence-corrected chi connectivity index (χ2v) is 4.26. The molecule has 4 heteroatoms. The van der Waals surface area contributed by atoms with Crippen molar-refractivity contribution in [1.29, 1.82) is 0 Å². The fourth-order valence-electron chi connectivity index (χ4n) is 1.96. The van der Waals surface area contributed by atoms with Gasteiger partial charge in [-0.1, -0.05) is 25.1 Å². The van der Waals surface area contributed by atoms with Gasteiger partial charge < -0.3 is 5.11 Å². The lowest BCUT2D eigenvalue weighted by molar-refractivity contribution is -0.119. The van der Waals surface area contributed by atoms with Gasteiger partial charge in [0.25, 0.3) is 5.91 Å². The van der Waals surface area contributed by atoms with E-state index in [2.05, 4.69) is 0 Å². The Morgan fingerprint density at radius 1 is 1.53 bits per heavy atom. The fourth-order valence-corrected chi connectivity index (χ4v) is 1.96. The molecule has 1 saturated heterocycles. The van der Waals surface area contributed by atoms with Gasteiger partial charge in [0.05, 0.1) is 24.3 Å². The summed E-state index contributed by atoms with van der Waals surface area (Å²) >= 11 is 0. The van der Waals surface area contributed by atoms with E-state index in [0.29, 0.717) is 17.7 Å². The number of aliphatic hydroxyl groups is 1. The van der Waals surface area contributed by atoms with Crippen LogP contribution in [0, 0.1) is 0 Å². The molecule has 1 N–H and O–H groups in total. The van der Waals surface area contributed by atoms with E-state index in [0.717, 1.165) is 6.42 Å². The van der Waals surface area contributed by atoms with E-state index in [9.17, 15) is 9.90 Å². The zero-order valence-corrected chi connectivity index (χ0v) is 10.1. The van der Waals surface area contributed by atoms with Crippen LogP contribution in [0.3, 0.4) is 0 Å². The van der Waals surface area contributed by atoms with Crippen molar-refractivity contribution in [3.8, 4) is 0 Å². The number of benzene rings is 1. The largest absolute Gasteiger partial charge is 0.389 e. The molecule has 1 aromatic carbocycles. The van der Waals surface area contributed by atoms with Crippen molar-refractivity contribution in [2.75, 3.05) is 5.06 Å². The minimum absolute atomic E-state index is 0.0510. The van der Waals surface area contributed by atoms with E-state index in [1.165, 1.54) is 5.06 Å². The number of hydroxylamine groups is 1. The van der Waals surface area contributed by atoms with Gasteiger partial charge in [0.1, 0.15) is 0 Å². The van der Waals surface area contributed by atoms with Crippen molar-refractivity contribution in [3.63, 3.8) is 0 Å². The van der Waals surface area contributed by atoms with Gasteiger partial charge in [-0.3, -0.25) is 9.63 Å². The first-order valence-electron chi connectivity index (χ1n) is 5.90. The van der Waals surface area contributed by atoms with Crippen LogP contribution in [0.15, 0.2) is 24.3 Å². The van der Waals surface area contributed by atoms with Crippen LogP contribution in [0.25, 0.3) is 0 Å². The molecule has 4 nitrogen and oxygen atoms in total. The van der Waals surface area contributed by atoms with Gasteiger partial charge in [0.2, 0.25) is 0 Å². The average molecular weight is 235 g/mol. The van der Waals surface area contributed by atoms with Crippen LogP contribution in [0.2, 0.25) is 0 Å². The molecule has 0 radical (unpaired) electrons. The molecule has 92 valence electrons. The Bertz CT molecular complexity index is 417. The summed E-state index contributed by atoms with van der Waals surface area (Å²) in [4.78, 5) is 17.4. The molecule has 2 atom stereocenters. The number of para-hydroxylation sites is 1. The Balaban J connectivity index is 2.31. The Kier molecular flexibility index (Phi) is 3.45. The topological polar surface area (TPSA) is 49.8 Å². The third kappa shape index (κ3) is 2.33. The lowest BCUT2D eigenvalue weighted by Gasteiger charge is -2.20. The van der Waals surface area contributed by atoms with Gasteiger partial charge in [-0.15, -0.1) is 0 Å². The molecule has 1 amide bonds. The van der Waals surface area contributed by atoms with E-state index in [1.54, 1.807) is 19.1 Å². The van der Waals surface area contributed by atoms with Crippen molar-refractivity contribution >= 4 is 11.6 Å². The molecule has 2 rings (SSSR count). The van der Waals surface area contributed by atoms with Crippen LogP contribution in [0.5, 0.6) is 0 Å². The first-order valence-corrected chi connectivity index (χ1v) is 5.90. The van der Waals surface area contributed by atoms with Crippen LogP contribution >= 0.6 is 0 Å². The monoisotopic (exact) mass is 235 g/mol. The molecule has 17 heavy (non-hydrogen) atoms. The summed E-state index contributed by atoms with van der Waals surface area (Å²) in [6.45, 7) is 3.67. The van der Waals surface area contributed by atoms with Crippen molar-refractivity contribution in [3.05, 3.63) is 29.8 Å². The van der Waals surface area contributed by atoms with Crippen LogP contribution in [-0.2, 0) is 9.63 Å².